The predicted molar refractivity (Wildman–Crippen MR) is 145 cm³/mol. The second-order valence-electron chi connectivity index (χ2n) is 9.30. The largest absolute Gasteiger partial charge is 0.494 e. The van der Waals surface area contributed by atoms with Crippen LogP contribution in [0, 0.1) is 0 Å². The molecule has 1 aliphatic rings. The van der Waals surface area contributed by atoms with Gasteiger partial charge in [0.1, 0.15) is 18.7 Å². The van der Waals surface area contributed by atoms with Crippen molar-refractivity contribution < 1.29 is 9.57 Å². The van der Waals surface area contributed by atoms with Crippen LogP contribution in [0.25, 0.3) is 33.9 Å². The van der Waals surface area contributed by atoms with Crippen LogP contribution in [0.3, 0.4) is 0 Å². The Bertz CT molecular complexity index is 1340. The van der Waals surface area contributed by atoms with Crippen LogP contribution in [0.4, 0.5) is 0 Å². The van der Waals surface area contributed by atoms with Gasteiger partial charge in [-0.3, -0.25) is 0 Å². The molecule has 6 heteroatoms. The molecule has 1 heterocycles. The lowest BCUT2D eigenvalue weighted by Gasteiger charge is -2.10. The van der Waals surface area contributed by atoms with E-state index in [0.717, 1.165) is 71.2 Å². The molecule has 3 aromatic carbocycles. The number of nitrogens with zero attached hydrogens (tertiary/aromatic N) is 3. The van der Waals surface area contributed by atoms with E-state index in [1.165, 1.54) is 11.1 Å². The molecule has 0 fully saturated rings. The molecule has 6 nitrogen and oxygen atoms in total. The topological polar surface area (TPSA) is 62.7 Å². The lowest BCUT2D eigenvalue weighted by atomic mass is 10.0. The summed E-state index contributed by atoms with van der Waals surface area (Å²) in [5.41, 5.74) is 8.63. The first-order chi connectivity index (χ1) is 17.6. The number of fused-ring (bicyclic) bond motifs is 1. The molecule has 184 valence electrons. The van der Waals surface area contributed by atoms with E-state index in [4.69, 9.17) is 14.6 Å². The Morgan fingerprint density at radius 2 is 1.69 bits per heavy atom. The van der Waals surface area contributed by atoms with Crippen LogP contribution in [-0.2, 0) is 11.3 Å². The summed E-state index contributed by atoms with van der Waals surface area (Å²) in [6.45, 7) is 1.72. The smallest absolute Gasteiger partial charge is 0.138 e. The van der Waals surface area contributed by atoms with Crippen LogP contribution in [-0.4, -0.2) is 54.9 Å². The fourth-order valence-electron chi connectivity index (χ4n) is 4.63. The van der Waals surface area contributed by atoms with Gasteiger partial charge in [0.25, 0.3) is 0 Å². The van der Waals surface area contributed by atoms with Crippen molar-refractivity contribution in [1.29, 1.82) is 0 Å². The molecule has 36 heavy (non-hydrogen) atoms. The van der Waals surface area contributed by atoms with Gasteiger partial charge in [0.2, 0.25) is 0 Å². The second-order valence-corrected chi connectivity index (χ2v) is 9.30. The minimum absolute atomic E-state index is 0.704. The summed E-state index contributed by atoms with van der Waals surface area (Å²) >= 11 is 0. The van der Waals surface area contributed by atoms with Crippen molar-refractivity contribution in [2.24, 2.45) is 5.16 Å². The molecule has 5 rings (SSSR count). The molecule has 1 aromatic heterocycles. The van der Waals surface area contributed by atoms with Gasteiger partial charge >= 0.3 is 0 Å². The zero-order valence-corrected chi connectivity index (χ0v) is 21.1. The Hall–Kier alpha value is -3.90. The van der Waals surface area contributed by atoms with E-state index < -0.39 is 0 Å². The summed E-state index contributed by atoms with van der Waals surface area (Å²) in [5, 5.41) is 4.20. The summed E-state index contributed by atoms with van der Waals surface area (Å²) in [7, 11) is 5.75. The first kappa shape index (κ1) is 23.8. The standard InChI is InChI=1S/C30H32N4O2/c1-34(2)18-7-19-36-25-14-10-22(11-15-25)30-31-28(21-8-5-4-6-9-21)29(32-30)24-12-16-26-23(20-24)13-17-27(26)33-35-3/h4-6,8-12,14-16,20H,7,13,17-19H2,1-3H3,(H,31,32). The molecule has 0 aliphatic heterocycles. The van der Waals surface area contributed by atoms with Crippen LogP contribution in [0.2, 0.25) is 0 Å². The quantitative estimate of drug-likeness (QED) is 0.234. The third kappa shape index (κ3) is 5.19. The number of ether oxygens (including phenoxy) is 1. The Kier molecular flexibility index (Phi) is 7.14. The number of aryl methyl sites for hydroxylation is 1. The summed E-state index contributed by atoms with van der Waals surface area (Å²) in [6.07, 6.45) is 2.85. The van der Waals surface area contributed by atoms with E-state index in [1.807, 2.05) is 18.2 Å². The number of rotatable bonds is 9. The molecule has 0 radical (unpaired) electrons. The molecule has 4 aromatic rings. The SMILES string of the molecule is CON=C1CCc2cc(-c3nc(-c4ccc(OCCCN(C)C)cc4)[nH]c3-c3ccccc3)ccc21. The highest BCUT2D eigenvalue weighted by molar-refractivity contribution is 6.04. The molecule has 0 amide bonds. The van der Waals surface area contributed by atoms with E-state index in [-0.39, 0.29) is 0 Å². The van der Waals surface area contributed by atoms with Gasteiger partial charge in [0.15, 0.2) is 0 Å². The van der Waals surface area contributed by atoms with Gasteiger partial charge < -0.3 is 19.5 Å². The third-order valence-electron chi connectivity index (χ3n) is 6.43. The van der Waals surface area contributed by atoms with Crippen molar-refractivity contribution in [3.63, 3.8) is 0 Å². The molecular weight excluding hydrogens is 448 g/mol. The van der Waals surface area contributed by atoms with Crippen molar-refractivity contribution in [2.45, 2.75) is 19.3 Å². The number of hydrogen-bond donors (Lipinski definition) is 1. The van der Waals surface area contributed by atoms with Crippen molar-refractivity contribution in [1.82, 2.24) is 14.9 Å². The Morgan fingerprint density at radius 1 is 0.917 bits per heavy atom. The maximum atomic E-state index is 5.91. The number of hydrogen-bond acceptors (Lipinski definition) is 5. The Balaban J connectivity index is 1.45. The van der Waals surface area contributed by atoms with Gasteiger partial charge in [-0.2, -0.15) is 0 Å². The van der Waals surface area contributed by atoms with Crippen LogP contribution in [0.15, 0.2) is 78.0 Å². The molecule has 1 N–H and O–H groups in total. The van der Waals surface area contributed by atoms with Gasteiger partial charge in [-0.05, 0) is 69.3 Å². The van der Waals surface area contributed by atoms with E-state index in [1.54, 1.807) is 7.11 Å². The highest BCUT2D eigenvalue weighted by Gasteiger charge is 2.21. The highest BCUT2D eigenvalue weighted by atomic mass is 16.6. The molecule has 0 unspecified atom stereocenters. The van der Waals surface area contributed by atoms with Crippen molar-refractivity contribution >= 4 is 5.71 Å². The number of oxime groups is 1. The predicted octanol–water partition coefficient (Wildman–Crippen LogP) is 6.04. The molecule has 0 saturated heterocycles. The van der Waals surface area contributed by atoms with E-state index in [2.05, 4.69) is 83.7 Å². The van der Waals surface area contributed by atoms with E-state index >= 15 is 0 Å². The number of H-pyrrole nitrogens is 1. The van der Waals surface area contributed by atoms with Crippen LogP contribution >= 0.6 is 0 Å². The average molecular weight is 481 g/mol. The Morgan fingerprint density at radius 3 is 2.44 bits per heavy atom. The molecular formula is C30H32N4O2. The molecule has 0 bridgehead atoms. The van der Waals surface area contributed by atoms with E-state index in [9.17, 15) is 0 Å². The molecule has 0 saturated carbocycles. The van der Waals surface area contributed by atoms with Crippen molar-refractivity contribution in [3.05, 3.63) is 83.9 Å². The van der Waals surface area contributed by atoms with Crippen molar-refractivity contribution in [3.8, 4) is 39.7 Å². The van der Waals surface area contributed by atoms with Gasteiger partial charge in [-0.25, -0.2) is 4.98 Å². The number of aromatic amines is 1. The highest BCUT2D eigenvalue weighted by Crippen LogP contribution is 2.35. The third-order valence-corrected chi connectivity index (χ3v) is 6.43. The van der Waals surface area contributed by atoms with E-state index in [0.29, 0.717) is 6.61 Å². The summed E-state index contributed by atoms with van der Waals surface area (Å²) in [4.78, 5) is 15.9. The lowest BCUT2D eigenvalue weighted by Crippen LogP contribution is -2.15. The van der Waals surface area contributed by atoms with Gasteiger partial charge in [0, 0.05) is 28.8 Å². The van der Waals surface area contributed by atoms with Crippen LogP contribution < -0.4 is 4.74 Å². The first-order valence-electron chi connectivity index (χ1n) is 12.4. The van der Waals surface area contributed by atoms with Crippen molar-refractivity contribution in [2.75, 3.05) is 34.4 Å². The molecule has 0 atom stereocenters. The second kappa shape index (κ2) is 10.8. The Labute approximate surface area is 212 Å². The van der Waals surface area contributed by atoms with Gasteiger partial charge in [0.05, 0.1) is 23.7 Å². The fraction of sp³-hybridized carbons (Fsp3) is 0.267. The number of nitrogens with one attached hydrogen (secondary N) is 1. The average Bonchev–Trinajstić information content (AvgIpc) is 3.52. The lowest BCUT2D eigenvalue weighted by molar-refractivity contribution is 0.213. The van der Waals surface area contributed by atoms with Crippen LogP contribution in [0.5, 0.6) is 5.75 Å². The summed E-state index contributed by atoms with van der Waals surface area (Å²) < 4.78 is 5.91. The van der Waals surface area contributed by atoms with Crippen LogP contribution in [0.1, 0.15) is 24.0 Å². The maximum Gasteiger partial charge on any atom is 0.138 e. The van der Waals surface area contributed by atoms with Gasteiger partial charge in [-0.15, -0.1) is 0 Å². The minimum atomic E-state index is 0.704. The monoisotopic (exact) mass is 480 g/mol. The molecule has 1 aliphatic carbocycles. The molecule has 0 spiro atoms. The maximum absolute atomic E-state index is 5.91. The number of aromatic nitrogens is 2. The number of benzene rings is 3. The first-order valence-corrected chi connectivity index (χ1v) is 12.4. The zero-order chi connectivity index (χ0) is 24.9. The summed E-state index contributed by atoms with van der Waals surface area (Å²) in [5.74, 6) is 1.71. The number of imidazole rings is 1. The summed E-state index contributed by atoms with van der Waals surface area (Å²) in [6, 6.07) is 25.0. The fourth-order valence-corrected chi connectivity index (χ4v) is 4.63. The normalized spacial score (nSPS) is 13.8. The minimum Gasteiger partial charge on any atom is -0.494 e. The zero-order valence-electron chi connectivity index (χ0n) is 21.1. The van der Waals surface area contributed by atoms with Gasteiger partial charge in [-0.1, -0.05) is 47.6 Å².